The van der Waals surface area contributed by atoms with Crippen molar-refractivity contribution in [2.24, 2.45) is 0 Å². The van der Waals surface area contributed by atoms with Crippen LogP contribution in [-0.4, -0.2) is 24.1 Å². The first-order valence-electron chi connectivity index (χ1n) is 23.5. The Bertz CT molecular complexity index is 4000. The maximum atomic E-state index is 6.44. The Balaban J connectivity index is 1.05. The Labute approximate surface area is 398 Å². The molecule has 0 amide bonds. The van der Waals surface area contributed by atoms with Crippen LogP contribution in [0, 0.1) is 0 Å². The molecule has 0 saturated heterocycles. The van der Waals surface area contributed by atoms with E-state index in [1.165, 1.54) is 38.1 Å². The fourth-order valence-corrected chi connectivity index (χ4v) is 10.8. The molecule has 6 heteroatoms. The quantitative estimate of drug-likeness (QED) is 0.160. The van der Waals surface area contributed by atoms with Gasteiger partial charge >= 0.3 is 0 Å². The minimum Gasteiger partial charge on any atom is -0.461 e. The molecule has 1 aliphatic carbocycles. The highest BCUT2D eigenvalue weighted by Gasteiger charge is 2.32. The molecule has 0 bridgehead atoms. The van der Waals surface area contributed by atoms with Crippen LogP contribution in [0.25, 0.3) is 106 Å². The Kier molecular flexibility index (Phi) is 8.92. The topological polar surface area (TPSA) is 57.8 Å². The third kappa shape index (κ3) is 6.30. The van der Waals surface area contributed by atoms with Gasteiger partial charge < -0.3 is 13.9 Å². The van der Waals surface area contributed by atoms with E-state index in [4.69, 9.17) is 19.7 Å². The van der Waals surface area contributed by atoms with Gasteiger partial charge in [-0.05, 0) is 78.2 Å². The molecule has 12 aromatic rings. The molecule has 69 heavy (non-hydrogen) atoms. The molecule has 2 aliphatic rings. The fraction of sp³-hybridized carbons (Fsp3) is 0.0317. The predicted octanol–water partition coefficient (Wildman–Crippen LogP) is 15.6. The molecule has 0 radical (unpaired) electrons. The number of hydrogen-bond donors (Lipinski definition) is 0. The van der Waals surface area contributed by atoms with Crippen molar-refractivity contribution in [1.82, 2.24) is 24.1 Å². The van der Waals surface area contributed by atoms with Gasteiger partial charge in [0.05, 0.1) is 27.8 Å². The zero-order valence-electron chi connectivity index (χ0n) is 37.4. The fourth-order valence-electron chi connectivity index (χ4n) is 10.8. The molecule has 3 aromatic heterocycles. The lowest BCUT2D eigenvalue weighted by molar-refractivity contribution is 0.426. The van der Waals surface area contributed by atoms with Crippen LogP contribution in [0.15, 0.2) is 236 Å². The number of nitrogens with zero attached hydrogens (tertiary/aromatic N) is 5. The largest absolute Gasteiger partial charge is 0.461 e. The third-order valence-electron chi connectivity index (χ3n) is 13.9. The highest BCUT2D eigenvalue weighted by atomic mass is 16.5. The van der Waals surface area contributed by atoms with E-state index in [0.29, 0.717) is 17.5 Å². The van der Waals surface area contributed by atoms with E-state index in [9.17, 15) is 0 Å². The lowest BCUT2D eigenvalue weighted by Gasteiger charge is -2.21. The van der Waals surface area contributed by atoms with E-state index < -0.39 is 0 Å². The first-order chi connectivity index (χ1) is 34.2. The number of fused-ring (bicyclic) bond motifs is 10. The molecule has 1 unspecified atom stereocenters. The summed E-state index contributed by atoms with van der Waals surface area (Å²) in [7, 11) is 0. The number of para-hydroxylation sites is 4. The maximum absolute atomic E-state index is 6.44. The number of benzene rings is 9. The smallest absolute Gasteiger partial charge is 0.164 e. The summed E-state index contributed by atoms with van der Waals surface area (Å²) >= 11 is 0. The van der Waals surface area contributed by atoms with Gasteiger partial charge in [-0.3, -0.25) is 0 Å². The van der Waals surface area contributed by atoms with Gasteiger partial charge in [0, 0.05) is 66.5 Å². The number of ether oxygens (including phenoxy) is 1. The van der Waals surface area contributed by atoms with Gasteiger partial charge in [0.1, 0.15) is 11.5 Å². The van der Waals surface area contributed by atoms with Crippen molar-refractivity contribution in [2.45, 2.75) is 12.3 Å². The summed E-state index contributed by atoms with van der Waals surface area (Å²) in [5.74, 6) is 3.82. The predicted molar refractivity (Wildman–Crippen MR) is 281 cm³/mol. The van der Waals surface area contributed by atoms with Crippen molar-refractivity contribution >= 4 is 49.2 Å². The number of rotatable bonds is 7. The molecular weight excluding hydrogens is 843 g/mol. The SMILES string of the molecule is C1=C(c2nc(-c3ccccc3)nc(-c3cc(-c4ccccc4)c(-n4c5ccccc5c5c6c7ccccc7n(-c7ccccc7)c6ccc54)c(-c4ccccc4)c3)n2)C=C2Oc3ccccc3C2C1. The van der Waals surface area contributed by atoms with Gasteiger partial charge in [-0.15, -0.1) is 0 Å². The molecule has 14 rings (SSSR count). The lowest BCUT2D eigenvalue weighted by Crippen LogP contribution is -2.08. The highest BCUT2D eigenvalue weighted by Crippen LogP contribution is 2.48. The third-order valence-corrected chi connectivity index (χ3v) is 13.9. The van der Waals surface area contributed by atoms with E-state index in [1.54, 1.807) is 0 Å². The van der Waals surface area contributed by atoms with Gasteiger partial charge in [-0.25, -0.2) is 15.0 Å². The van der Waals surface area contributed by atoms with Gasteiger partial charge in [-0.2, -0.15) is 0 Å². The first-order valence-corrected chi connectivity index (χ1v) is 23.5. The summed E-state index contributed by atoms with van der Waals surface area (Å²) < 4.78 is 11.3. The molecule has 6 nitrogen and oxygen atoms in total. The number of allylic oxidation sites excluding steroid dienone is 4. The molecule has 324 valence electrons. The van der Waals surface area contributed by atoms with Gasteiger partial charge in [-0.1, -0.05) is 170 Å². The van der Waals surface area contributed by atoms with Crippen LogP contribution < -0.4 is 4.74 Å². The van der Waals surface area contributed by atoms with Crippen LogP contribution in [0.2, 0.25) is 0 Å². The molecule has 0 spiro atoms. The second kappa shape index (κ2) is 15.8. The minimum absolute atomic E-state index is 0.175. The summed E-state index contributed by atoms with van der Waals surface area (Å²) in [6, 6.07) is 77.6. The number of aromatic nitrogens is 5. The van der Waals surface area contributed by atoms with Crippen LogP contribution in [0.5, 0.6) is 5.75 Å². The van der Waals surface area contributed by atoms with Crippen LogP contribution >= 0.6 is 0 Å². The zero-order chi connectivity index (χ0) is 45.4. The summed E-state index contributed by atoms with van der Waals surface area (Å²) in [4.78, 5) is 15.9. The van der Waals surface area contributed by atoms with E-state index in [1.807, 2.05) is 30.3 Å². The number of hydrogen-bond acceptors (Lipinski definition) is 4. The van der Waals surface area contributed by atoms with Crippen molar-refractivity contribution in [1.29, 1.82) is 0 Å². The molecule has 9 aromatic carbocycles. The van der Waals surface area contributed by atoms with E-state index in [0.717, 1.165) is 79.3 Å². The normalized spacial score (nSPS) is 14.2. The van der Waals surface area contributed by atoms with Crippen molar-refractivity contribution in [3.8, 4) is 62.2 Å². The van der Waals surface area contributed by atoms with E-state index >= 15 is 0 Å². The van der Waals surface area contributed by atoms with E-state index in [-0.39, 0.29) is 5.92 Å². The van der Waals surface area contributed by atoms with Crippen molar-refractivity contribution in [3.05, 3.63) is 248 Å². The average molecular weight is 884 g/mol. The van der Waals surface area contributed by atoms with Crippen LogP contribution in [0.1, 0.15) is 23.7 Å². The molecule has 0 fully saturated rings. The first kappa shape index (κ1) is 39.1. The average Bonchev–Trinajstić information content (AvgIpc) is 4.09. The molecule has 0 saturated carbocycles. The second-order valence-corrected chi connectivity index (χ2v) is 17.9. The van der Waals surface area contributed by atoms with Gasteiger partial charge in [0.25, 0.3) is 0 Å². The highest BCUT2D eigenvalue weighted by molar-refractivity contribution is 6.29. The monoisotopic (exact) mass is 883 g/mol. The van der Waals surface area contributed by atoms with Gasteiger partial charge in [0.15, 0.2) is 17.5 Å². The molecule has 1 aliphatic heterocycles. The summed E-state index contributed by atoms with van der Waals surface area (Å²) in [5, 5.41) is 4.86. The summed E-state index contributed by atoms with van der Waals surface area (Å²) in [6.07, 6.45) is 5.16. The Hall–Kier alpha value is -9.13. The summed E-state index contributed by atoms with van der Waals surface area (Å²) in [5.41, 5.74) is 15.0. The Morgan fingerprint density at radius 3 is 1.55 bits per heavy atom. The zero-order valence-corrected chi connectivity index (χ0v) is 37.4. The van der Waals surface area contributed by atoms with Gasteiger partial charge in [0.2, 0.25) is 0 Å². The molecule has 0 N–H and O–H groups in total. The van der Waals surface area contributed by atoms with Crippen LogP contribution in [0.3, 0.4) is 0 Å². The second-order valence-electron chi connectivity index (χ2n) is 17.9. The Morgan fingerprint density at radius 2 is 0.913 bits per heavy atom. The molecule has 4 heterocycles. The Morgan fingerprint density at radius 1 is 0.420 bits per heavy atom. The molecular formula is C63H41N5O. The van der Waals surface area contributed by atoms with Crippen molar-refractivity contribution < 1.29 is 4.74 Å². The summed E-state index contributed by atoms with van der Waals surface area (Å²) in [6.45, 7) is 0. The van der Waals surface area contributed by atoms with Crippen molar-refractivity contribution in [2.75, 3.05) is 0 Å². The van der Waals surface area contributed by atoms with Crippen LogP contribution in [0.4, 0.5) is 0 Å². The lowest BCUT2D eigenvalue weighted by atomic mass is 9.89. The standard InChI is InChI=1S/C63H41N5O/c1-5-19-40(20-6-1)50-37-44(63-65-61(42-23-9-3-10-24-42)64-62(66-63)43-33-34-47-46-27-15-18-32-56(46)69-57(47)39-43)38-51(41-21-7-2-8-22-41)60(50)68-53-31-17-14-29-49(53)59-55(68)36-35-54-58(59)48-28-13-16-30-52(48)67(54)45-25-11-4-12-26-45/h1-33,35-39,47H,34H2. The molecule has 1 atom stereocenters. The minimum atomic E-state index is 0.175. The van der Waals surface area contributed by atoms with Crippen molar-refractivity contribution in [3.63, 3.8) is 0 Å². The maximum Gasteiger partial charge on any atom is 0.164 e. The van der Waals surface area contributed by atoms with E-state index in [2.05, 4.69) is 209 Å². The van der Waals surface area contributed by atoms with Crippen LogP contribution in [-0.2, 0) is 0 Å².